The monoisotopic (exact) mass is 314 g/mol. The van der Waals surface area contributed by atoms with Gasteiger partial charge < -0.3 is 4.74 Å². The molecule has 0 unspecified atom stereocenters. The zero-order valence-corrected chi connectivity index (χ0v) is 13.7. The van der Waals surface area contributed by atoms with Crippen molar-refractivity contribution in [1.82, 2.24) is 18.6 Å². The highest BCUT2D eigenvalue weighted by atomic mass is 32.2. The zero-order valence-electron chi connectivity index (χ0n) is 12.9. The van der Waals surface area contributed by atoms with Gasteiger partial charge in [0.15, 0.2) is 0 Å². The molecule has 118 valence electrons. The fourth-order valence-electron chi connectivity index (χ4n) is 2.36. The molecule has 0 aromatic carbocycles. The van der Waals surface area contributed by atoms with E-state index in [4.69, 9.17) is 4.74 Å². The lowest BCUT2D eigenvalue weighted by molar-refractivity contribution is 0.121. The second kappa shape index (κ2) is 6.25. The Bertz CT molecular complexity index is 583. The van der Waals surface area contributed by atoms with Gasteiger partial charge in [0.1, 0.15) is 11.9 Å². The molecule has 1 aliphatic rings. The molecule has 21 heavy (non-hydrogen) atoms. The van der Waals surface area contributed by atoms with Crippen LogP contribution >= 0.6 is 0 Å². The molecule has 0 spiro atoms. The van der Waals surface area contributed by atoms with E-state index in [0.29, 0.717) is 24.8 Å². The number of nitrogens with zero attached hydrogens (tertiary/aromatic N) is 4. The van der Waals surface area contributed by atoms with E-state index < -0.39 is 10.2 Å². The van der Waals surface area contributed by atoms with Gasteiger partial charge in [-0.1, -0.05) is 0 Å². The van der Waals surface area contributed by atoms with Crippen LogP contribution in [-0.4, -0.2) is 60.3 Å². The van der Waals surface area contributed by atoms with Crippen LogP contribution in [0.15, 0.2) is 6.07 Å². The molecular weight excluding hydrogens is 292 g/mol. The minimum Gasteiger partial charge on any atom is -0.473 e. The van der Waals surface area contributed by atoms with Gasteiger partial charge in [0, 0.05) is 32.4 Å². The quantitative estimate of drug-likeness (QED) is 0.819. The molecule has 0 aliphatic carbocycles. The Kier molecular flexibility index (Phi) is 4.80. The molecule has 1 atom stereocenters. The maximum atomic E-state index is 12.2. The Morgan fingerprint density at radius 3 is 2.67 bits per heavy atom. The van der Waals surface area contributed by atoms with Gasteiger partial charge in [0.2, 0.25) is 5.88 Å². The summed E-state index contributed by atoms with van der Waals surface area (Å²) in [5.74, 6) is 1.16. The normalized spacial score (nSPS) is 20.7. The summed E-state index contributed by atoms with van der Waals surface area (Å²) in [6.45, 7) is 4.57. The first-order valence-electron chi connectivity index (χ1n) is 6.95. The lowest BCUT2D eigenvalue weighted by Crippen LogP contribution is -2.48. The molecular formula is C13H22N4O3S. The fraction of sp³-hybridized carbons (Fsp3) is 0.692. The highest BCUT2D eigenvalue weighted by molar-refractivity contribution is 7.86. The maximum absolute atomic E-state index is 12.2. The molecule has 0 amide bonds. The number of aromatic nitrogens is 2. The molecule has 0 bridgehead atoms. The van der Waals surface area contributed by atoms with E-state index in [2.05, 4.69) is 9.97 Å². The summed E-state index contributed by atoms with van der Waals surface area (Å²) in [7, 11) is -0.310. The van der Waals surface area contributed by atoms with Crippen molar-refractivity contribution in [1.29, 1.82) is 0 Å². The summed E-state index contributed by atoms with van der Waals surface area (Å²) in [5.41, 5.74) is 0.839. The van der Waals surface area contributed by atoms with Crippen molar-refractivity contribution in [3.63, 3.8) is 0 Å². The van der Waals surface area contributed by atoms with Gasteiger partial charge in [-0.3, -0.25) is 0 Å². The molecule has 2 rings (SSSR count). The fourth-order valence-corrected chi connectivity index (χ4v) is 3.53. The first kappa shape index (κ1) is 16.1. The number of piperidine rings is 1. The largest absolute Gasteiger partial charge is 0.473 e. The molecule has 1 saturated heterocycles. The SMILES string of the molecule is Cc1cc(O[C@H]2CCCN(S(=O)(=O)N(C)C)C2)nc(C)n1. The number of aryl methyl sites for hydroxylation is 2. The standard InChI is InChI=1S/C13H22N4O3S/c1-10-8-13(15-11(2)14-10)20-12-6-5-7-17(9-12)21(18,19)16(3)4/h8,12H,5-7,9H2,1-4H3/t12-/m0/s1. The van der Waals surface area contributed by atoms with E-state index in [-0.39, 0.29) is 6.10 Å². The second-order valence-corrected chi connectivity index (χ2v) is 7.57. The van der Waals surface area contributed by atoms with Crippen LogP contribution < -0.4 is 4.74 Å². The summed E-state index contributed by atoms with van der Waals surface area (Å²) >= 11 is 0. The van der Waals surface area contributed by atoms with Crippen molar-refractivity contribution in [2.45, 2.75) is 32.8 Å². The molecule has 0 saturated carbocycles. The summed E-state index contributed by atoms with van der Waals surface area (Å²) in [4.78, 5) is 8.44. The third-order valence-corrected chi connectivity index (χ3v) is 5.27. The first-order valence-corrected chi connectivity index (χ1v) is 8.35. The van der Waals surface area contributed by atoms with E-state index >= 15 is 0 Å². The van der Waals surface area contributed by atoms with Crippen LogP contribution in [0.25, 0.3) is 0 Å². The minimum atomic E-state index is -3.39. The lowest BCUT2D eigenvalue weighted by Gasteiger charge is -2.33. The molecule has 0 N–H and O–H groups in total. The van der Waals surface area contributed by atoms with Crippen molar-refractivity contribution in [3.05, 3.63) is 17.6 Å². The second-order valence-electron chi connectivity index (χ2n) is 5.43. The zero-order chi connectivity index (χ0) is 15.6. The van der Waals surface area contributed by atoms with Gasteiger partial charge in [-0.05, 0) is 26.7 Å². The minimum absolute atomic E-state index is 0.179. The topological polar surface area (TPSA) is 75.6 Å². The van der Waals surface area contributed by atoms with Gasteiger partial charge in [-0.25, -0.2) is 4.98 Å². The molecule has 0 radical (unpaired) electrons. The highest BCUT2D eigenvalue weighted by Gasteiger charge is 2.31. The van der Waals surface area contributed by atoms with Crippen LogP contribution in [-0.2, 0) is 10.2 Å². The summed E-state index contributed by atoms with van der Waals surface area (Å²) in [5, 5.41) is 0. The van der Waals surface area contributed by atoms with Crippen LogP contribution in [0.5, 0.6) is 5.88 Å². The summed E-state index contributed by atoms with van der Waals surface area (Å²) in [6, 6.07) is 1.77. The predicted octanol–water partition coefficient (Wildman–Crippen LogP) is 0.743. The molecule has 8 heteroatoms. The van der Waals surface area contributed by atoms with Crippen molar-refractivity contribution in [3.8, 4) is 5.88 Å². The Labute approximate surface area is 126 Å². The maximum Gasteiger partial charge on any atom is 0.281 e. The van der Waals surface area contributed by atoms with Crippen LogP contribution in [0.2, 0.25) is 0 Å². The van der Waals surface area contributed by atoms with Gasteiger partial charge >= 0.3 is 0 Å². The van der Waals surface area contributed by atoms with Crippen LogP contribution in [0.1, 0.15) is 24.4 Å². The number of rotatable bonds is 4. The van der Waals surface area contributed by atoms with E-state index in [1.807, 2.05) is 13.8 Å². The average molecular weight is 314 g/mol. The van der Waals surface area contributed by atoms with E-state index in [0.717, 1.165) is 18.5 Å². The van der Waals surface area contributed by atoms with Gasteiger partial charge in [-0.2, -0.15) is 22.0 Å². The Balaban J connectivity index is 2.08. The van der Waals surface area contributed by atoms with Gasteiger partial charge in [0.05, 0.1) is 6.54 Å². The number of hydrogen-bond acceptors (Lipinski definition) is 5. The van der Waals surface area contributed by atoms with E-state index in [9.17, 15) is 8.42 Å². The molecule has 2 heterocycles. The van der Waals surface area contributed by atoms with E-state index in [1.165, 1.54) is 22.7 Å². The van der Waals surface area contributed by atoms with Crippen LogP contribution in [0.3, 0.4) is 0 Å². The lowest BCUT2D eigenvalue weighted by atomic mass is 10.1. The smallest absolute Gasteiger partial charge is 0.281 e. The van der Waals surface area contributed by atoms with Crippen LogP contribution in [0, 0.1) is 13.8 Å². The van der Waals surface area contributed by atoms with Crippen molar-refractivity contribution in [2.75, 3.05) is 27.2 Å². The first-order chi connectivity index (χ1) is 9.79. The third kappa shape index (κ3) is 3.90. The molecule has 1 aromatic heterocycles. The molecule has 1 fully saturated rings. The summed E-state index contributed by atoms with van der Waals surface area (Å²) in [6.07, 6.45) is 1.42. The van der Waals surface area contributed by atoms with Gasteiger partial charge in [-0.15, -0.1) is 0 Å². The van der Waals surface area contributed by atoms with E-state index in [1.54, 1.807) is 6.07 Å². The Morgan fingerprint density at radius 2 is 2.05 bits per heavy atom. The van der Waals surface area contributed by atoms with Crippen LogP contribution in [0.4, 0.5) is 0 Å². The van der Waals surface area contributed by atoms with Crippen molar-refractivity contribution >= 4 is 10.2 Å². The number of ether oxygens (including phenoxy) is 1. The highest BCUT2D eigenvalue weighted by Crippen LogP contribution is 2.20. The van der Waals surface area contributed by atoms with Crippen molar-refractivity contribution in [2.24, 2.45) is 0 Å². The molecule has 7 nitrogen and oxygen atoms in total. The third-order valence-electron chi connectivity index (χ3n) is 3.36. The Hall–Kier alpha value is -1.25. The average Bonchev–Trinajstić information content (AvgIpc) is 2.37. The molecule has 1 aromatic rings. The summed E-state index contributed by atoms with van der Waals surface area (Å²) < 4.78 is 32.9. The molecule has 1 aliphatic heterocycles. The van der Waals surface area contributed by atoms with Gasteiger partial charge in [0.25, 0.3) is 10.2 Å². The Morgan fingerprint density at radius 1 is 1.33 bits per heavy atom. The predicted molar refractivity (Wildman–Crippen MR) is 79.3 cm³/mol. The van der Waals surface area contributed by atoms with Crippen molar-refractivity contribution < 1.29 is 13.2 Å². The number of hydrogen-bond donors (Lipinski definition) is 0.